The molecule has 2 aromatic heterocycles. The summed E-state index contributed by atoms with van der Waals surface area (Å²) >= 11 is 5.98. The minimum atomic E-state index is 0.463. The maximum atomic E-state index is 5.98. The minimum absolute atomic E-state index is 0.463. The Morgan fingerprint density at radius 3 is 2.53 bits per heavy atom. The van der Waals surface area contributed by atoms with Crippen molar-refractivity contribution in [2.24, 2.45) is 0 Å². The number of rotatable bonds is 1. The molecule has 19 heavy (non-hydrogen) atoms. The number of fused-ring (bicyclic) bond motifs is 1. The molecule has 0 aliphatic heterocycles. The third-order valence-corrected chi connectivity index (χ3v) is 3.12. The molecule has 0 atom stereocenters. The summed E-state index contributed by atoms with van der Waals surface area (Å²) in [5, 5.41) is 1.56. The molecule has 0 aliphatic rings. The van der Waals surface area contributed by atoms with Crippen molar-refractivity contribution in [3.8, 4) is 11.3 Å². The van der Waals surface area contributed by atoms with Gasteiger partial charge in [0.25, 0.3) is 0 Å². The van der Waals surface area contributed by atoms with E-state index in [9.17, 15) is 0 Å². The number of benzene rings is 1. The lowest BCUT2D eigenvalue weighted by molar-refractivity contribution is 1.06. The summed E-state index contributed by atoms with van der Waals surface area (Å²) in [6.45, 7) is 3.82. The van der Waals surface area contributed by atoms with Gasteiger partial charge >= 0.3 is 0 Å². The zero-order chi connectivity index (χ0) is 13.4. The van der Waals surface area contributed by atoms with Crippen molar-refractivity contribution in [1.29, 1.82) is 0 Å². The van der Waals surface area contributed by atoms with Crippen molar-refractivity contribution in [2.75, 3.05) is 0 Å². The van der Waals surface area contributed by atoms with Gasteiger partial charge in [0.1, 0.15) is 11.0 Å². The van der Waals surface area contributed by atoms with Gasteiger partial charge in [0, 0.05) is 22.7 Å². The lowest BCUT2D eigenvalue weighted by Crippen LogP contribution is -1.92. The molecule has 0 spiro atoms. The molecule has 0 amide bonds. The summed E-state index contributed by atoms with van der Waals surface area (Å²) in [6.07, 6.45) is 0. The molecule has 0 bridgehead atoms. The average Bonchev–Trinajstić information content (AvgIpc) is 2.37. The Bertz CT molecular complexity index is 748. The van der Waals surface area contributed by atoms with Crippen LogP contribution >= 0.6 is 11.6 Å². The maximum absolute atomic E-state index is 5.98. The Morgan fingerprint density at radius 1 is 0.895 bits per heavy atom. The van der Waals surface area contributed by atoms with Gasteiger partial charge in [-0.1, -0.05) is 23.7 Å². The Balaban J connectivity index is 2.17. The molecule has 2 heterocycles. The van der Waals surface area contributed by atoms with Gasteiger partial charge in [-0.2, -0.15) is 0 Å². The lowest BCUT2D eigenvalue weighted by atomic mass is 10.1. The molecule has 0 saturated heterocycles. The number of hydrogen-bond acceptors (Lipinski definition) is 3. The van der Waals surface area contributed by atoms with E-state index in [1.165, 1.54) is 0 Å². The Morgan fingerprint density at radius 2 is 1.74 bits per heavy atom. The van der Waals surface area contributed by atoms with E-state index in [0.717, 1.165) is 27.9 Å². The SMILES string of the molecule is Cc1ccc2cc(-c3cc(Cl)nc(C)n3)ccc2n1. The fraction of sp³-hybridized carbons (Fsp3) is 0.133. The summed E-state index contributed by atoms with van der Waals surface area (Å²) in [5.41, 5.74) is 3.85. The monoisotopic (exact) mass is 269 g/mol. The van der Waals surface area contributed by atoms with E-state index in [1.54, 1.807) is 6.07 Å². The van der Waals surface area contributed by atoms with Gasteiger partial charge < -0.3 is 0 Å². The van der Waals surface area contributed by atoms with Crippen molar-refractivity contribution in [3.63, 3.8) is 0 Å². The van der Waals surface area contributed by atoms with Gasteiger partial charge in [-0.05, 0) is 32.0 Å². The number of halogens is 1. The third kappa shape index (κ3) is 2.42. The van der Waals surface area contributed by atoms with Crippen molar-refractivity contribution in [3.05, 3.63) is 53.1 Å². The van der Waals surface area contributed by atoms with Gasteiger partial charge in [-0.15, -0.1) is 0 Å². The van der Waals surface area contributed by atoms with Crippen LogP contribution in [0.2, 0.25) is 5.15 Å². The highest BCUT2D eigenvalue weighted by atomic mass is 35.5. The molecule has 0 radical (unpaired) electrons. The van der Waals surface area contributed by atoms with Crippen LogP contribution in [0.1, 0.15) is 11.5 Å². The van der Waals surface area contributed by atoms with E-state index in [1.807, 2.05) is 32.0 Å². The topological polar surface area (TPSA) is 38.7 Å². The Kier molecular flexibility index (Phi) is 2.91. The first-order chi connectivity index (χ1) is 9.11. The number of nitrogens with zero attached hydrogens (tertiary/aromatic N) is 3. The number of aryl methyl sites for hydroxylation is 2. The maximum Gasteiger partial charge on any atom is 0.133 e. The van der Waals surface area contributed by atoms with Gasteiger partial charge in [-0.25, -0.2) is 9.97 Å². The second kappa shape index (κ2) is 4.59. The highest BCUT2D eigenvalue weighted by Gasteiger charge is 2.05. The molecule has 94 valence electrons. The highest BCUT2D eigenvalue weighted by molar-refractivity contribution is 6.29. The van der Waals surface area contributed by atoms with Crippen LogP contribution in [0, 0.1) is 13.8 Å². The van der Waals surface area contributed by atoms with Crippen LogP contribution in [0.15, 0.2) is 36.4 Å². The quantitative estimate of drug-likeness (QED) is 0.628. The number of aromatic nitrogens is 3. The first-order valence-corrected chi connectivity index (χ1v) is 6.38. The molecule has 3 aromatic rings. The molecule has 0 unspecified atom stereocenters. The molecule has 0 aliphatic carbocycles. The van der Waals surface area contributed by atoms with Crippen molar-refractivity contribution in [1.82, 2.24) is 15.0 Å². The molecule has 0 fully saturated rings. The first kappa shape index (κ1) is 12.1. The van der Waals surface area contributed by atoms with Crippen molar-refractivity contribution < 1.29 is 0 Å². The molecule has 3 nitrogen and oxygen atoms in total. The predicted molar refractivity (Wildman–Crippen MR) is 77.3 cm³/mol. The van der Waals surface area contributed by atoms with Gasteiger partial charge in [0.15, 0.2) is 0 Å². The van der Waals surface area contributed by atoms with Crippen LogP contribution in [0.25, 0.3) is 22.2 Å². The van der Waals surface area contributed by atoms with E-state index < -0.39 is 0 Å². The van der Waals surface area contributed by atoms with Gasteiger partial charge in [0.05, 0.1) is 11.2 Å². The van der Waals surface area contributed by atoms with Crippen LogP contribution in [0.3, 0.4) is 0 Å². The van der Waals surface area contributed by atoms with Crippen LogP contribution in [-0.4, -0.2) is 15.0 Å². The van der Waals surface area contributed by atoms with E-state index in [0.29, 0.717) is 11.0 Å². The van der Waals surface area contributed by atoms with Gasteiger partial charge in [-0.3, -0.25) is 4.98 Å². The normalized spacial score (nSPS) is 10.9. The second-order valence-electron chi connectivity index (χ2n) is 4.48. The number of pyridine rings is 1. The smallest absolute Gasteiger partial charge is 0.133 e. The third-order valence-electron chi connectivity index (χ3n) is 2.93. The van der Waals surface area contributed by atoms with E-state index in [-0.39, 0.29) is 0 Å². The molecular formula is C15H12ClN3. The molecule has 0 saturated carbocycles. The average molecular weight is 270 g/mol. The lowest BCUT2D eigenvalue weighted by Gasteiger charge is -2.05. The fourth-order valence-corrected chi connectivity index (χ4v) is 2.29. The standard InChI is InChI=1S/C15H12ClN3/c1-9-3-4-11-7-12(5-6-13(11)17-9)14-8-15(16)19-10(2)18-14/h3-8H,1-2H3. The highest BCUT2D eigenvalue weighted by Crippen LogP contribution is 2.24. The molecule has 4 heteroatoms. The summed E-state index contributed by atoms with van der Waals surface area (Å²) in [6, 6.07) is 11.9. The Hall–Kier alpha value is -2.00. The van der Waals surface area contributed by atoms with E-state index >= 15 is 0 Å². The largest absolute Gasteiger partial charge is 0.253 e. The van der Waals surface area contributed by atoms with E-state index in [2.05, 4.69) is 27.1 Å². The molecule has 0 N–H and O–H groups in total. The molecular weight excluding hydrogens is 258 g/mol. The summed E-state index contributed by atoms with van der Waals surface area (Å²) in [7, 11) is 0. The van der Waals surface area contributed by atoms with Crippen LogP contribution in [0.4, 0.5) is 0 Å². The van der Waals surface area contributed by atoms with Crippen LogP contribution in [0.5, 0.6) is 0 Å². The fourth-order valence-electron chi connectivity index (χ4n) is 2.07. The van der Waals surface area contributed by atoms with Gasteiger partial charge in [0.2, 0.25) is 0 Å². The summed E-state index contributed by atoms with van der Waals surface area (Å²) in [5.74, 6) is 0.671. The van der Waals surface area contributed by atoms with Crippen LogP contribution in [-0.2, 0) is 0 Å². The Labute approximate surface area is 116 Å². The van der Waals surface area contributed by atoms with Crippen molar-refractivity contribution >= 4 is 22.5 Å². The van der Waals surface area contributed by atoms with Crippen LogP contribution < -0.4 is 0 Å². The zero-order valence-corrected chi connectivity index (χ0v) is 11.4. The summed E-state index contributed by atoms with van der Waals surface area (Å²) < 4.78 is 0. The molecule has 3 rings (SSSR count). The number of hydrogen-bond donors (Lipinski definition) is 0. The van der Waals surface area contributed by atoms with Crippen molar-refractivity contribution in [2.45, 2.75) is 13.8 Å². The molecule has 1 aromatic carbocycles. The zero-order valence-electron chi connectivity index (χ0n) is 10.7. The second-order valence-corrected chi connectivity index (χ2v) is 4.87. The predicted octanol–water partition coefficient (Wildman–Crippen LogP) is 3.96. The summed E-state index contributed by atoms with van der Waals surface area (Å²) in [4.78, 5) is 13.0. The minimum Gasteiger partial charge on any atom is -0.253 e. The van der Waals surface area contributed by atoms with E-state index in [4.69, 9.17) is 11.6 Å². The first-order valence-electron chi connectivity index (χ1n) is 6.01.